The van der Waals surface area contributed by atoms with Gasteiger partial charge in [-0.2, -0.15) is 0 Å². The first-order valence-corrected chi connectivity index (χ1v) is 8.66. The highest BCUT2D eigenvalue weighted by atomic mass is 35.5. The molecule has 1 N–H and O–H groups in total. The molecule has 1 aromatic rings. The standard InChI is InChI=1S/C18H20ClNO4/c19-13-3-1-11(2-4-13)16(21)12-7-9-20(10-8-12)17(22)14-5-6-15(14)18(23)24/h1-4,12,14-15H,5-10H2,(H,23,24). The van der Waals surface area contributed by atoms with E-state index in [-0.39, 0.29) is 23.5 Å². The number of aliphatic carboxylic acids is 1. The zero-order valence-electron chi connectivity index (χ0n) is 13.3. The summed E-state index contributed by atoms with van der Waals surface area (Å²) in [6.07, 6.45) is 2.48. The molecule has 1 amide bonds. The van der Waals surface area contributed by atoms with Crippen molar-refractivity contribution < 1.29 is 19.5 Å². The molecule has 2 atom stereocenters. The van der Waals surface area contributed by atoms with E-state index in [1.165, 1.54) is 0 Å². The molecule has 0 spiro atoms. The summed E-state index contributed by atoms with van der Waals surface area (Å²) in [6.45, 7) is 1.04. The maximum absolute atomic E-state index is 12.5. The van der Waals surface area contributed by atoms with Crippen molar-refractivity contribution in [3.63, 3.8) is 0 Å². The average molecular weight is 350 g/mol. The molecule has 3 rings (SSSR count). The van der Waals surface area contributed by atoms with E-state index in [0.29, 0.717) is 49.4 Å². The lowest BCUT2D eigenvalue weighted by Crippen LogP contribution is -2.49. The number of carboxylic acid groups (broad SMARTS) is 1. The highest BCUT2D eigenvalue weighted by Gasteiger charge is 2.43. The molecule has 1 heterocycles. The van der Waals surface area contributed by atoms with E-state index in [0.717, 1.165) is 0 Å². The lowest BCUT2D eigenvalue weighted by atomic mass is 9.72. The third-order valence-corrected chi connectivity index (χ3v) is 5.47. The number of carbonyl (C=O) groups is 3. The summed E-state index contributed by atoms with van der Waals surface area (Å²) >= 11 is 5.84. The van der Waals surface area contributed by atoms with Gasteiger partial charge in [0.25, 0.3) is 0 Å². The Balaban J connectivity index is 1.56. The minimum absolute atomic E-state index is 0.0639. The number of halogens is 1. The lowest BCUT2D eigenvalue weighted by Gasteiger charge is -2.39. The van der Waals surface area contributed by atoms with E-state index in [1.54, 1.807) is 29.2 Å². The monoisotopic (exact) mass is 349 g/mol. The topological polar surface area (TPSA) is 74.7 Å². The van der Waals surface area contributed by atoms with Gasteiger partial charge in [-0.05, 0) is 49.9 Å². The van der Waals surface area contributed by atoms with E-state index >= 15 is 0 Å². The number of rotatable bonds is 4. The largest absolute Gasteiger partial charge is 0.481 e. The summed E-state index contributed by atoms with van der Waals surface area (Å²) in [6, 6.07) is 6.87. The number of ketones is 1. The number of benzene rings is 1. The quantitative estimate of drug-likeness (QED) is 0.848. The third-order valence-electron chi connectivity index (χ3n) is 5.21. The van der Waals surface area contributed by atoms with Crippen LogP contribution in [0.15, 0.2) is 24.3 Å². The second-order valence-corrected chi connectivity index (χ2v) is 7.04. The van der Waals surface area contributed by atoms with Crippen LogP contribution < -0.4 is 0 Å². The number of amides is 1. The predicted molar refractivity (Wildman–Crippen MR) is 88.9 cm³/mol. The minimum Gasteiger partial charge on any atom is -0.481 e. The zero-order valence-corrected chi connectivity index (χ0v) is 14.0. The van der Waals surface area contributed by atoms with Gasteiger partial charge in [0, 0.05) is 29.6 Å². The second-order valence-electron chi connectivity index (χ2n) is 6.60. The van der Waals surface area contributed by atoms with Crippen molar-refractivity contribution in [2.24, 2.45) is 17.8 Å². The second kappa shape index (κ2) is 6.93. The summed E-state index contributed by atoms with van der Waals surface area (Å²) in [7, 11) is 0. The Morgan fingerprint density at radius 3 is 2.04 bits per heavy atom. The summed E-state index contributed by atoms with van der Waals surface area (Å²) < 4.78 is 0. The van der Waals surface area contributed by atoms with E-state index in [2.05, 4.69) is 0 Å². The van der Waals surface area contributed by atoms with Gasteiger partial charge in [-0.15, -0.1) is 0 Å². The van der Waals surface area contributed by atoms with Gasteiger partial charge in [0.2, 0.25) is 5.91 Å². The normalized spacial score (nSPS) is 24.3. The molecule has 1 saturated heterocycles. The molecule has 1 aliphatic heterocycles. The number of hydrogen-bond donors (Lipinski definition) is 1. The van der Waals surface area contributed by atoms with Crippen molar-refractivity contribution in [2.45, 2.75) is 25.7 Å². The Morgan fingerprint density at radius 1 is 0.958 bits per heavy atom. The van der Waals surface area contributed by atoms with Crippen LogP contribution >= 0.6 is 11.6 Å². The van der Waals surface area contributed by atoms with Crippen LogP contribution in [-0.4, -0.2) is 40.8 Å². The molecule has 0 radical (unpaired) electrons. The predicted octanol–water partition coefficient (Wildman–Crippen LogP) is 2.87. The van der Waals surface area contributed by atoms with Gasteiger partial charge in [-0.1, -0.05) is 11.6 Å². The first-order valence-electron chi connectivity index (χ1n) is 8.28. The average Bonchev–Trinajstić information content (AvgIpc) is 2.53. The van der Waals surface area contributed by atoms with Crippen LogP contribution in [0.1, 0.15) is 36.0 Å². The Bertz CT molecular complexity index is 649. The smallest absolute Gasteiger partial charge is 0.307 e. The number of piperidine rings is 1. The Morgan fingerprint density at radius 2 is 1.54 bits per heavy atom. The molecular formula is C18H20ClNO4. The molecule has 6 heteroatoms. The number of carbonyl (C=O) groups excluding carboxylic acids is 2. The van der Waals surface area contributed by atoms with Crippen molar-refractivity contribution in [3.05, 3.63) is 34.9 Å². The summed E-state index contributed by atoms with van der Waals surface area (Å²) in [5.74, 6) is -1.87. The first-order chi connectivity index (χ1) is 11.5. The van der Waals surface area contributed by atoms with Gasteiger partial charge < -0.3 is 10.0 Å². The molecule has 24 heavy (non-hydrogen) atoms. The van der Waals surface area contributed by atoms with Crippen LogP contribution in [-0.2, 0) is 9.59 Å². The van der Waals surface area contributed by atoms with Crippen molar-refractivity contribution in [1.29, 1.82) is 0 Å². The van der Waals surface area contributed by atoms with Crippen LogP contribution in [0.3, 0.4) is 0 Å². The molecule has 128 valence electrons. The number of carboxylic acids is 1. The molecule has 1 saturated carbocycles. The molecule has 2 aliphatic rings. The molecule has 2 unspecified atom stereocenters. The van der Waals surface area contributed by atoms with Gasteiger partial charge in [0.05, 0.1) is 11.8 Å². The fraction of sp³-hybridized carbons (Fsp3) is 0.500. The summed E-state index contributed by atoms with van der Waals surface area (Å²) in [5, 5.41) is 9.68. The van der Waals surface area contributed by atoms with Crippen LogP contribution in [0.2, 0.25) is 5.02 Å². The molecule has 1 aliphatic carbocycles. The maximum Gasteiger partial charge on any atom is 0.307 e. The van der Waals surface area contributed by atoms with Crippen molar-refractivity contribution >= 4 is 29.3 Å². The van der Waals surface area contributed by atoms with Crippen LogP contribution in [0.25, 0.3) is 0 Å². The summed E-state index contributed by atoms with van der Waals surface area (Å²) in [5.41, 5.74) is 0.647. The molecule has 5 nitrogen and oxygen atoms in total. The SMILES string of the molecule is O=C(c1ccc(Cl)cc1)C1CCN(C(=O)C2CCC2C(=O)O)CC1. The molecule has 0 aromatic heterocycles. The van der Waals surface area contributed by atoms with Gasteiger partial charge >= 0.3 is 5.97 Å². The summed E-state index contributed by atoms with van der Waals surface area (Å²) in [4.78, 5) is 37.8. The number of likely N-dealkylation sites (tertiary alicyclic amines) is 1. The fourth-order valence-electron chi connectivity index (χ4n) is 3.54. The first kappa shape index (κ1) is 17.0. The van der Waals surface area contributed by atoms with Crippen molar-refractivity contribution in [1.82, 2.24) is 4.90 Å². The number of nitrogens with zero attached hydrogens (tertiary/aromatic N) is 1. The lowest BCUT2D eigenvalue weighted by molar-refractivity contribution is -0.157. The zero-order chi connectivity index (χ0) is 17.3. The Kier molecular flexibility index (Phi) is 4.90. The molecular weight excluding hydrogens is 330 g/mol. The Hall–Kier alpha value is -1.88. The minimum atomic E-state index is -0.882. The molecule has 1 aromatic carbocycles. The van der Waals surface area contributed by atoms with Gasteiger partial charge in [-0.25, -0.2) is 0 Å². The van der Waals surface area contributed by atoms with Gasteiger partial charge in [-0.3, -0.25) is 14.4 Å². The molecule has 2 fully saturated rings. The fourth-order valence-corrected chi connectivity index (χ4v) is 3.66. The van der Waals surface area contributed by atoms with Crippen LogP contribution in [0.5, 0.6) is 0 Å². The van der Waals surface area contributed by atoms with E-state index < -0.39 is 11.9 Å². The van der Waals surface area contributed by atoms with Gasteiger partial charge in [0.15, 0.2) is 5.78 Å². The van der Waals surface area contributed by atoms with E-state index in [9.17, 15) is 14.4 Å². The van der Waals surface area contributed by atoms with Crippen molar-refractivity contribution in [2.75, 3.05) is 13.1 Å². The van der Waals surface area contributed by atoms with E-state index in [4.69, 9.17) is 16.7 Å². The highest BCUT2D eigenvalue weighted by molar-refractivity contribution is 6.30. The van der Waals surface area contributed by atoms with E-state index in [1.807, 2.05) is 0 Å². The number of Topliss-reactive ketones (excluding diaryl/α,β-unsaturated/α-hetero) is 1. The van der Waals surface area contributed by atoms with Crippen LogP contribution in [0, 0.1) is 17.8 Å². The van der Waals surface area contributed by atoms with Gasteiger partial charge in [0.1, 0.15) is 0 Å². The highest BCUT2D eigenvalue weighted by Crippen LogP contribution is 2.36. The maximum atomic E-state index is 12.5. The third kappa shape index (κ3) is 3.31. The van der Waals surface area contributed by atoms with Crippen molar-refractivity contribution in [3.8, 4) is 0 Å². The Labute approximate surface area is 145 Å². The molecule has 0 bridgehead atoms. The number of hydrogen-bond acceptors (Lipinski definition) is 3. The van der Waals surface area contributed by atoms with Crippen LogP contribution in [0.4, 0.5) is 0 Å².